The van der Waals surface area contributed by atoms with Gasteiger partial charge in [0.1, 0.15) is 10.8 Å². The number of nitrogens with zero attached hydrogens (tertiary/aromatic N) is 3. The van der Waals surface area contributed by atoms with Crippen LogP contribution in [0.3, 0.4) is 0 Å². The molecule has 1 aromatic carbocycles. The maximum atomic E-state index is 14.5. The molecule has 1 aliphatic heterocycles. The lowest BCUT2D eigenvalue weighted by Crippen LogP contribution is -2.42. The van der Waals surface area contributed by atoms with Gasteiger partial charge in [0.05, 0.1) is 5.92 Å². The van der Waals surface area contributed by atoms with Crippen LogP contribution < -0.4 is 10.2 Å². The zero-order valence-corrected chi connectivity index (χ0v) is 18.0. The number of anilines is 1. The lowest BCUT2D eigenvalue weighted by atomic mass is 9.78. The number of amides is 2. The number of aryl methyl sites for hydroxylation is 1. The first-order chi connectivity index (χ1) is 14.5. The Hall–Kier alpha value is -2.35. The third-order valence-electron chi connectivity index (χ3n) is 6.25. The third kappa shape index (κ3) is 4.10. The topological polar surface area (TPSA) is 75.2 Å². The van der Waals surface area contributed by atoms with Crippen molar-refractivity contribution < 1.29 is 14.0 Å². The molecule has 160 valence electrons. The molecule has 2 fully saturated rings. The molecular formula is C22H27FN4O2S. The summed E-state index contributed by atoms with van der Waals surface area (Å²) in [5, 5.41) is 12.8. The Balaban J connectivity index is 1.41. The number of nitrogens with one attached hydrogen (secondary N) is 1. The second-order valence-corrected chi connectivity index (χ2v) is 9.36. The second-order valence-electron chi connectivity index (χ2n) is 8.32. The SMILES string of the molecule is CCCc1nnc(N2CC(C(=O)NCC3(c4ccccc4F)CCCC3)CC2=O)s1. The summed E-state index contributed by atoms with van der Waals surface area (Å²) >= 11 is 1.41. The summed E-state index contributed by atoms with van der Waals surface area (Å²) in [6.07, 6.45) is 5.73. The molecule has 1 aromatic heterocycles. The van der Waals surface area contributed by atoms with Gasteiger partial charge in [-0.1, -0.05) is 49.3 Å². The van der Waals surface area contributed by atoms with Crippen molar-refractivity contribution in [1.29, 1.82) is 0 Å². The number of halogens is 1. The Kier molecular flexibility index (Phi) is 6.13. The summed E-state index contributed by atoms with van der Waals surface area (Å²) in [6.45, 7) is 2.79. The maximum absolute atomic E-state index is 14.5. The summed E-state index contributed by atoms with van der Waals surface area (Å²) in [5.74, 6) is -0.879. The molecule has 6 nitrogen and oxygen atoms in total. The lowest BCUT2D eigenvalue weighted by Gasteiger charge is -2.30. The molecule has 1 aliphatic carbocycles. The lowest BCUT2D eigenvalue weighted by molar-refractivity contribution is -0.126. The predicted molar refractivity (Wildman–Crippen MR) is 114 cm³/mol. The van der Waals surface area contributed by atoms with Crippen LogP contribution in [0.2, 0.25) is 0 Å². The number of hydrogen-bond donors (Lipinski definition) is 1. The summed E-state index contributed by atoms with van der Waals surface area (Å²) in [5.41, 5.74) is 0.321. The molecule has 2 aliphatic rings. The van der Waals surface area contributed by atoms with Crippen LogP contribution in [0.25, 0.3) is 0 Å². The van der Waals surface area contributed by atoms with E-state index in [0.29, 0.717) is 23.8 Å². The molecular weight excluding hydrogens is 403 g/mol. The van der Waals surface area contributed by atoms with Crippen LogP contribution in [0.15, 0.2) is 24.3 Å². The Morgan fingerprint density at radius 3 is 2.80 bits per heavy atom. The molecule has 1 saturated carbocycles. The van der Waals surface area contributed by atoms with Crippen molar-refractivity contribution in [1.82, 2.24) is 15.5 Å². The van der Waals surface area contributed by atoms with Gasteiger partial charge in [-0.3, -0.25) is 14.5 Å². The van der Waals surface area contributed by atoms with E-state index in [1.54, 1.807) is 11.0 Å². The van der Waals surface area contributed by atoms with E-state index in [-0.39, 0.29) is 29.5 Å². The quantitative estimate of drug-likeness (QED) is 0.728. The number of rotatable bonds is 7. The van der Waals surface area contributed by atoms with Crippen molar-refractivity contribution in [3.8, 4) is 0 Å². The monoisotopic (exact) mass is 430 g/mol. The van der Waals surface area contributed by atoms with Crippen LogP contribution in [0, 0.1) is 11.7 Å². The highest BCUT2D eigenvalue weighted by Gasteiger charge is 2.40. The zero-order chi connectivity index (χ0) is 21.1. The first-order valence-electron chi connectivity index (χ1n) is 10.7. The zero-order valence-electron chi connectivity index (χ0n) is 17.2. The Morgan fingerprint density at radius 1 is 1.30 bits per heavy atom. The van der Waals surface area contributed by atoms with Gasteiger partial charge in [0, 0.05) is 31.3 Å². The number of carbonyl (C=O) groups is 2. The summed E-state index contributed by atoms with van der Waals surface area (Å²) in [4.78, 5) is 26.9. The van der Waals surface area contributed by atoms with Crippen molar-refractivity contribution in [3.05, 3.63) is 40.7 Å². The average Bonchev–Trinajstić information content (AvgIpc) is 3.47. The minimum atomic E-state index is -0.421. The fourth-order valence-electron chi connectivity index (χ4n) is 4.62. The van der Waals surface area contributed by atoms with Gasteiger partial charge in [0.25, 0.3) is 0 Å². The average molecular weight is 431 g/mol. The van der Waals surface area contributed by atoms with E-state index in [1.165, 1.54) is 17.4 Å². The van der Waals surface area contributed by atoms with Gasteiger partial charge in [-0.2, -0.15) is 0 Å². The van der Waals surface area contributed by atoms with Gasteiger partial charge < -0.3 is 5.32 Å². The molecule has 30 heavy (non-hydrogen) atoms. The number of aromatic nitrogens is 2. The fourth-order valence-corrected chi connectivity index (χ4v) is 5.59. The first-order valence-corrected chi connectivity index (χ1v) is 11.5. The van der Waals surface area contributed by atoms with Crippen molar-refractivity contribution in [2.24, 2.45) is 5.92 Å². The molecule has 1 unspecified atom stereocenters. The second kappa shape index (κ2) is 8.79. The molecule has 1 N–H and O–H groups in total. The van der Waals surface area contributed by atoms with Crippen LogP contribution in [-0.4, -0.2) is 35.1 Å². The molecule has 0 spiro atoms. The Bertz CT molecular complexity index is 925. The summed E-state index contributed by atoms with van der Waals surface area (Å²) in [6, 6.07) is 6.86. The highest BCUT2D eigenvalue weighted by atomic mass is 32.1. The first kappa shape index (κ1) is 20.9. The number of carbonyl (C=O) groups excluding carboxylic acids is 2. The van der Waals surface area contributed by atoms with Crippen molar-refractivity contribution in [3.63, 3.8) is 0 Å². The van der Waals surface area contributed by atoms with Crippen LogP contribution in [0.1, 0.15) is 56.0 Å². The third-order valence-corrected chi connectivity index (χ3v) is 7.26. The summed E-state index contributed by atoms with van der Waals surface area (Å²) in [7, 11) is 0. The molecule has 0 radical (unpaired) electrons. The van der Waals surface area contributed by atoms with Crippen LogP contribution >= 0.6 is 11.3 Å². The van der Waals surface area contributed by atoms with E-state index in [1.807, 2.05) is 12.1 Å². The van der Waals surface area contributed by atoms with E-state index in [9.17, 15) is 14.0 Å². The number of hydrogen-bond acceptors (Lipinski definition) is 5. The minimum absolute atomic E-state index is 0.0981. The van der Waals surface area contributed by atoms with Crippen molar-refractivity contribution in [2.75, 3.05) is 18.0 Å². The highest BCUT2D eigenvalue weighted by molar-refractivity contribution is 7.15. The van der Waals surface area contributed by atoms with Crippen molar-refractivity contribution in [2.45, 2.75) is 57.3 Å². The van der Waals surface area contributed by atoms with E-state index in [0.717, 1.165) is 43.5 Å². The van der Waals surface area contributed by atoms with Crippen LogP contribution in [0.5, 0.6) is 0 Å². The molecule has 0 bridgehead atoms. The Morgan fingerprint density at radius 2 is 2.07 bits per heavy atom. The van der Waals surface area contributed by atoms with Crippen LogP contribution in [0.4, 0.5) is 9.52 Å². The van der Waals surface area contributed by atoms with Crippen molar-refractivity contribution >= 4 is 28.3 Å². The molecule has 1 saturated heterocycles. The molecule has 2 aromatic rings. The highest BCUT2D eigenvalue weighted by Crippen LogP contribution is 2.41. The van der Waals surface area contributed by atoms with E-state index < -0.39 is 5.92 Å². The molecule has 2 amide bonds. The maximum Gasteiger partial charge on any atom is 0.229 e. The molecule has 2 heterocycles. The van der Waals surface area contributed by atoms with Gasteiger partial charge in [-0.15, -0.1) is 10.2 Å². The van der Waals surface area contributed by atoms with Gasteiger partial charge >= 0.3 is 0 Å². The molecule has 4 rings (SSSR count). The molecule has 1 atom stereocenters. The van der Waals surface area contributed by atoms with Gasteiger partial charge in [-0.05, 0) is 30.9 Å². The fraction of sp³-hybridized carbons (Fsp3) is 0.545. The normalized spacial score (nSPS) is 20.7. The number of benzene rings is 1. The van der Waals surface area contributed by atoms with Gasteiger partial charge in [-0.25, -0.2) is 4.39 Å². The van der Waals surface area contributed by atoms with E-state index in [4.69, 9.17) is 0 Å². The van der Waals surface area contributed by atoms with E-state index in [2.05, 4.69) is 22.4 Å². The summed E-state index contributed by atoms with van der Waals surface area (Å²) < 4.78 is 14.5. The smallest absolute Gasteiger partial charge is 0.229 e. The standard InChI is InChI=1S/C22H27FN4O2S/c1-2-7-18-25-26-21(30-18)27-13-15(12-19(27)28)20(29)24-14-22(10-5-6-11-22)16-8-3-4-9-17(16)23/h3-4,8-9,15H,2,5-7,10-14H2,1H3,(H,24,29). The molecule has 8 heteroatoms. The minimum Gasteiger partial charge on any atom is -0.355 e. The van der Waals surface area contributed by atoms with Gasteiger partial charge in [0.2, 0.25) is 16.9 Å². The predicted octanol–water partition coefficient (Wildman–Crippen LogP) is 3.61. The largest absolute Gasteiger partial charge is 0.355 e. The van der Waals surface area contributed by atoms with E-state index >= 15 is 0 Å². The Labute approximate surface area is 179 Å². The van der Waals surface area contributed by atoms with Crippen LogP contribution in [-0.2, 0) is 21.4 Å². The van der Waals surface area contributed by atoms with Gasteiger partial charge in [0.15, 0.2) is 0 Å².